The largest absolute Gasteiger partial charge is 0.394 e. The summed E-state index contributed by atoms with van der Waals surface area (Å²) in [5, 5.41) is 118. The number of ether oxygens (including phenoxy) is 9. The van der Waals surface area contributed by atoms with Gasteiger partial charge in [0.05, 0.1) is 72.2 Å². The van der Waals surface area contributed by atoms with Crippen LogP contribution in [0.25, 0.3) is 0 Å². The van der Waals surface area contributed by atoms with E-state index in [0.29, 0.717) is 69.6 Å². The van der Waals surface area contributed by atoms with Crippen molar-refractivity contribution in [3.05, 3.63) is 0 Å². The second-order valence-electron chi connectivity index (χ2n) is 30.6. The van der Waals surface area contributed by atoms with E-state index >= 15 is 0 Å². The van der Waals surface area contributed by atoms with Gasteiger partial charge >= 0.3 is 0 Å². The average molecular weight is 1660 g/mol. The van der Waals surface area contributed by atoms with Crippen LogP contribution in [0.1, 0.15) is 209 Å². The molecule has 12 unspecified atom stereocenters. The lowest BCUT2D eigenvalue weighted by Gasteiger charge is -2.42. The Labute approximate surface area is 677 Å². The van der Waals surface area contributed by atoms with Gasteiger partial charge in [0.1, 0.15) is 66.4 Å². The highest BCUT2D eigenvalue weighted by Gasteiger charge is 2.47. The zero-order valence-corrected chi connectivity index (χ0v) is 69.0. The quantitative estimate of drug-likeness (QED) is 0.0229. The van der Waals surface area contributed by atoms with Crippen LogP contribution in [0, 0.1) is 5.41 Å². The average Bonchev–Trinajstić information content (AvgIpc) is 0.813. The standard InChI is InChI=1S/C77H142N10O28/c1-52(92)57(46-89)113-73(56(45-88)84-53(2)93)110-39-19-15-25-60(96)78-33-22-36-81-63(99)29-42-107-49-77(87-66(102)28-14-12-10-8-9-11-13-18-32-76(5,6)7,50-108-43-30-64(100)82-37-23-34-79-61(97)26-16-20-40-111-74-67(85-54(3)94)71(105)69(103)58(47-90)114-74)51-109-44-31-65(101)83-38-24-35-80-62(98)27-17-21-41-112-75-68(86-55(4)95)72(106)70(104)59(48-91)115-75/h52,56-59,67-75,88-92,103-106H,8-51H2,1-7H3,(H,78,96)(H,79,97)(H,80,98)(H,81,99)(H,82,100)(H,83,101)(H,84,93)(H,85,94)(H,86,95)(H,87,102)/t52-,56-,57?,58?,59?,67?,68?,69?,70?,71?,72?,73?,74?,75?,77?/m0/s1. The van der Waals surface area contributed by atoms with Gasteiger partial charge in [-0.3, -0.25) is 47.9 Å². The molecule has 14 atom stereocenters. The first kappa shape index (κ1) is 105. The molecule has 2 saturated heterocycles. The summed E-state index contributed by atoms with van der Waals surface area (Å²) < 4.78 is 52.4. The number of hydrogen-bond donors (Lipinski definition) is 19. The summed E-state index contributed by atoms with van der Waals surface area (Å²) in [6, 6.07) is -3.16. The molecule has 2 aliphatic rings. The lowest BCUT2D eigenvalue weighted by Crippen LogP contribution is -2.64. The highest BCUT2D eigenvalue weighted by Crippen LogP contribution is 2.26. The van der Waals surface area contributed by atoms with Crippen LogP contribution in [0.5, 0.6) is 0 Å². The molecular formula is C77H142N10O28. The topological polar surface area (TPSA) is 556 Å². The second-order valence-corrected chi connectivity index (χ2v) is 30.6. The molecule has 2 fully saturated rings. The summed E-state index contributed by atoms with van der Waals surface area (Å²) in [5.41, 5.74) is -1.09. The zero-order chi connectivity index (χ0) is 85.4. The number of carbonyl (C=O) groups excluding carboxylic acids is 10. The molecule has 0 aromatic rings. The number of aliphatic hydroxyl groups excluding tert-OH is 9. The highest BCUT2D eigenvalue weighted by molar-refractivity contribution is 5.79. The molecule has 38 nitrogen and oxygen atoms in total. The molecule has 668 valence electrons. The van der Waals surface area contributed by atoms with Gasteiger partial charge in [-0.15, -0.1) is 0 Å². The van der Waals surface area contributed by atoms with Gasteiger partial charge in [-0.05, 0) is 83.0 Å². The van der Waals surface area contributed by atoms with Gasteiger partial charge in [-0.1, -0.05) is 65.7 Å². The fourth-order valence-electron chi connectivity index (χ4n) is 12.2. The van der Waals surface area contributed by atoms with E-state index in [1.54, 1.807) is 0 Å². The van der Waals surface area contributed by atoms with E-state index in [1.165, 1.54) is 47.0 Å². The Balaban J connectivity index is 2.05. The molecule has 2 heterocycles. The van der Waals surface area contributed by atoms with E-state index in [1.807, 2.05) is 0 Å². The maximum absolute atomic E-state index is 14.0. The highest BCUT2D eigenvalue weighted by atomic mass is 16.7. The van der Waals surface area contributed by atoms with Crippen molar-refractivity contribution in [2.45, 2.75) is 300 Å². The number of rotatable bonds is 67. The maximum Gasteiger partial charge on any atom is 0.222 e. The third kappa shape index (κ3) is 49.2. The van der Waals surface area contributed by atoms with Crippen molar-refractivity contribution >= 4 is 59.1 Å². The number of amides is 10. The van der Waals surface area contributed by atoms with Crippen LogP contribution in [0.4, 0.5) is 0 Å². The van der Waals surface area contributed by atoms with Gasteiger partial charge in [-0.25, -0.2) is 0 Å². The Morgan fingerprint density at radius 2 is 0.757 bits per heavy atom. The van der Waals surface area contributed by atoms with Crippen LogP contribution < -0.4 is 53.2 Å². The molecule has 115 heavy (non-hydrogen) atoms. The maximum atomic E-state index is 14.0. The summed E-state index contributed by atoms with van der Waals surface area (Å²) >= 11 is 0. The van der Waals surface area contributed by atoms with Gasteiger partial charge in [0.2, 0.25) is 59.1 Å². The van der Waals surface area contributed by atoms with E-state index in [0.717, 1.165) is 32.1 Å². The first-order valence-electron chi connectivity index (χ1n) is 41.0. The first-order chi connectivity index (χ1) is 54.9. The van der Waals surface area contributed by atoms with Crippen LogP contribution in [0.2, 0.25) is 0 Å². The Hall–Kier alpha value is -6.02. The molecule has 0 aromatic heterocycles. The Morgan fingerprint density at radius 3 is 1.10 bits per heavy atom. The number of carbonyl (C=O) groups is 10. The van der Waals surface area contributed by atoms with Gasteiger partial charge in [-0.2, -0.15) is 0 Å². The summed E-state index contributed by atoms with van der Waals surface area (Å²) in [4.78, 5) is 126. The fraction of sp³-hybridized carbons (Fsp3) is 0.870. The van der Waals surface area contributed by atoms with Crippen LogP contribution >= 0.6 is 0 Å². The molecule has 2 aliphatic heterocycles. The lowest BCUT2D eigenvalue weighted by molar-refractivity contribution is -0.270. The van der Waals surface area contributed by atoms with E-state index in [9.17, 15) is 93.9 Å². The molecule has 38 heteroatoms. The minimum Gasteiger partial charge on any atom is -0.394 e. The smallest absolute Gasteiger partial charge is 0.222 e. The molecule has 10 amide bonds. The summed E-state index contributed by atoms with van der Waals surface area (Å²) in [6.45, 7) is 10.3. The molecule has 0 bridgehead atoms. The Morgan fingerprint density at radius 1 is 0.409 bits per heavy atom. The van der Waals surface area contributed by atoms with E-state index < -0.39 is 136 Å². The summed E-state index contributed by atoms with van der Waals surface area (Å²) in [5.74, 6) is -3.54. The van der Waals surface area contributed by atoms with Crippen molar-refractivity contribution in [2.75, 3.05) is 125 Å². The number of nitrogens with one attached hydrogen (secondary N) is 10. The monoisotopic (exact) mass is 1650 g/mol. The molecule has 0 aromatic carbocycles. The van der Waals surface area contributed by atoms with Crippen molar-refractivity contribution in [3.8, 4) is 0 Å². The molecule has 0 radical (unpaired) electrons. The van der Waals surface area contributed by atoms with Crippen molar-refractivity contribution < 1.29 is 137 Å². The summed E-state index contributed by atoms with van der Waals surface area (Å²) in [7, 11) is 0. The third-order valence-corrected chi connectivity index (χ3v) is 18.7. The number of aliphatic hydroxyl groups is 9. The van der Waals surface area contributed by atoms with E-state index in [2.05, 4.69) is 73.9 Å². The van der Waals surface area contributed by atoms with Gasteiger partial charge in [0, 0.05) is 125 Å². The van der Waals surface area contributed by atoms with Crippen molar-refractivity contribution in [1.82, 2.24) is 53.2 Å². The molecule has 0 aliphatic carbocycles. The predicted molar refractivity (Wildman–Crippen MR) is 417 cm³/mol. The normalized spacial score (nSPS) is 21.1. The third-order valence-electron chi connectivity index (χ3n) is 18.7. The molecule has 2 rings (SSSR count). The minimum absolute atomic E-state index is 0.0685. The SMILES string of the molecule is CC(=O)NC1C(OCCCCC(=O)NCCCNC(=O)CCOCC(COCCC(=O)NCCCNC(=O)CCCCOC2OC(CO)C(O)C(O)C2NC(C)=O)(COCCC(=O)NCCCNC(=O)CCCCOC(OC(CO)[C@H](C)O)[C@H](CO)NC(C)=O)NC(=O)CCCCCCCCCCC(C)(C)C)OC(CO)C(O)C1O. The van der Waals surface area contributed by atoms with E-state index in [4.69, 9.17) is 42.6 Å². The van der Waals surface area contributed by atoms with Crippen LogP contribution in [0.15, 0.2) is 0 Å². The molecule has 19 N–H and O–H groups in total. The molecule has 0 spiro atoms. The minimum atomic E-state index is -1.46. The molecule has 0 saturated carbocycles. The number of unbranched alkanes of at least 4 members (excludes halogenated alkanes) is 10. The van der Waals surface area contributed by atoms with Crippen LogP contribution in [-0.4, -0.2) is 322 Å². The first-order valence-corrected chi connectivity index (χ1v) is 41.0. The van der Waals surface area contributed by atoms with Crippen LogP contribution in [0.3, 0.4) is 0 Å². The summed E-state index contributed by atoms with van der Waals surface area (Å²) in [6.07, 6.45) is -0.548. The second kappa shape index (κ2) is 62.2. The fourth-order valence-corrected chi connectivity index (χ4v) is 12.2. The molecular weight excluding hydrogens is 1510 g/mol. The van der Waals surface area contributed by atoms with Crippen molar-refractivity contribution in [3.63, 3.8) is 0 Å². The van der Waals surface area contributed by atoms with Crippen molar-refractivity contribution in [2.24, 2.45) is 5.41 Å². The predicted octanol–water partition coefficient (Wildman–Crippen LogP) is -2.09. The number of hydrogen-bond acceptors (Lipinski definition) is 28. The lowest BCUT2D eigenvalue weighted by atomic mass is 9.89. The van der Waals surface area contributed by atoms with Crippen molar-refractivity contribution in [1.29, 1.82) is 0 Å². The Bertz CT molecular complexity index is 2620. The van der Waals surface area contributed by atoms with E-state index in [-0.39, 0.29) is 185 Å². The van der Waals surface area contributed by atoms with Crippen LogP contribution in [-0.2, 0) is 90.6 Å². The zero-order valence-electron chi connectivity index (χ0n) is 69.0. The van der Waals surface area contributed by atoms with Gasteiger partial charge in [0.15, 0.2) is 18.9 Å². The van der Waals surface area contributed by atoms with Gasteiger partial charge in [0.25, 0.3) is 0 Å². The van der Waals surface area contributed by atoms with Gasteiger partial charge < -0.3 is 142 Å². The Kier molecular flexibility index (Phi) is 56.8.